The van der Waals surface area contributed by atoms with Crippen LogP contribution in [0.2, 0.25) is 0 Å². The standard InChI is InChI=1S/C34H23NO/c1-3-9-23(10-4-1)24-15-17-28(18-16-24)35-34-29(25-11-5-2-6-12-25)19-20-31-33(34)30-21-26-13-7-8-14-27(26)22-32(30)36-31/h1-22,35H. The van der Waals surface area contributed by atoms with Crippen LogP contribution in [0.3, 0.4) is 0 Å². The number of furan rings is 1. The van der Waals surface area contributed by atoms with Gasteiger partial charge >= 0.3 is 0 Å². The Morgan fingerprint density at radius 1 is 0.472 bits per heavy atom. The predicted molar refractivity (Wildman–Crippen MR) is 152 cm³/mol. The molecular weight excluding hydrogens is 438 g/mol. The van der Waals surface area contributed by atoms with Gasteiger partial charge in [-0.25, -0.2) is 0 Å². The maximum Gasteiger partial charge on any atom is 0.137 e. The largest absolute Gasteiger partial charge is 0.456 e. The Bertz CT molecular complexity index is 1830. The molecule has 0 atom stereocenters. The molecule has 0 amide bonds. The fourth-order valence-corrected chi connectivity index (χ4v) is 5.06. The van der Waals surface area contributed by atoms with E-state index in [0.29, 0.717) is 0 Å². The van der Waals surface area contributed by atoms with E-state index in [9.17, 15) is 0 Å². The fourth-order valence-electron chi connectivity index (χ4n) is 5.06. The molecule has 1 heterocycles. The lowest BCUT2D eigenvalue weighted by Gasteiger charge is -2.15. The summed E-state index contributed by atoms with van der Waals surface area (Å²) in [6.45, 7) is 0. The smallest absolute Gasteiger partial charge is 0.137 e. The molecule has 6 aromatic carbocycles. The number of hydrogen-bond acceptors (Lipinski definition) is 2. The van der Waals surface area contributed by atoms with Crippen molar-refractivity contribution in [3.63, 3.8) is 0 Å². The van der Waals surface area contributed by atoms with Gasteiger partial charge < -0.3 is 9.73 Å². The highest BCUT2D eigenvalue weighted by Crippen LogP contribution is 2.43. The van der Waals surface area contributed by atoms with Crippen LogP contribution in [-0.4, -0.2) is 0 Å². The molecule has 0 saturated heterocycles. The van der Waals surface area contributed by atoms with Crippen molar-refractivity contribution in [2.75, 3.05) is 5.32 Å². The lowest BCUT2D eigenvalue weighted by atomic mass is 9.98. The summed E-state index contributed by atoms with van der Waals surface area (Å²) in [6.07, 6.45) is 0. The first-order valence-corrected chi connectivity index (χ1v) is 12.2. The van der Waals surface area contributed by atoms with E-state index in [1.807, 2.05) is 6.07 Å². The summed E-state index contributed by atoms with van der Waals surface area (Å²) in [5.41, 5.74) is 8.59. The van der Waals surface area contributed by atoms with Crippen LogP contribution in [-0.2, 0) is 0 Å². The zero-order valence-corrected chi connectivity index (χ0v) is 19.6. The van der Waals surface area contributed by atoms with E-state index in [1.165, 1.54) is 21.9 Å². The molecular formula is C34H23NO. The van der Waals surface area contributed by atoms with Crippen molar-refractivity contribution in [3.8, 4) is 22.3 Å². The Morgan fingerprint density at radius 3 is 1.81 bits per heavy atom. The van der Waals surface area contributed by atoms with Gasteiger partial charge in [-0.1, -0.05) is 97.1 Å². The molecule has 0 bridgehead atoms. The molecule has 0 saturated carbocycles. The van der Waals surface area contributed by atoms with Gasteiger partial charge in [-0.15, -0.1) is 0 Å². The number of nitrogens with one attached hydrogen (secondary N) is 1. The van der Waals surface area contributed by atoms with Gasteiger partial charge in [0.15, 0.2) is 0 Å². The molecule has 0 unspecified atom stereocenters. The molecule has 0 radical (unpaired) electrons. The molecule has 1 N–H and O–H groups in total. The van der Waals surface area contributed by atoms with Crippen LogP contribution < -0.4 is 5.32 Å². The summed E-state index contributed by atoms with van der Waals surface area (Å²) in [5.74, 6) is 0. The lowest BCUT2D eigenvalue weighted by molar-refractivity contribution is 0.669. The van der Waals surface area contributed by atoms with E-state index in [-0.39, 0.29) is 0 Å². The highest BCUT2D eigenvalue weighted by atomic mass is 16.3. The number of rotatable bonds is 4. The quantitative estimate of drug-likeness (QED) is 0.282. The molecule has 0 fully saturated rings. The monoisotopic (exact) mass is 461 g/mol. The molecule has 2 nitrogen and oxygen atoms in total. The lowest BCUT2D eigenvalue weighted by Crippen LogP contribution is -1.95. The Balaban J connectivity index is 1.43. The number of fused-ring (bicyclic) bond motifs is 4. The Hall–Kier alpha value is -4.82. The first-order chi connectivity index (χ1) is 17.8. The normalized spacial score (nSPS) is 11.3. The maximum atomic E-state index is 6.37. The highest BCUT2D eigenvalue weighted by Gasteiger charge is 2.17. The van der Waals surface area contributed by atoms with E-state index in [2.05, 4.69) is 133 Å². The van der Waals surface area contributed by atoms with Crippen molar-refractivity contribution in [1.29, 1.82) is 0 Å². The van der Waals surface area contributed by atoms with Crippen molar-refractivity contribution >= 4 is 44.1 Å². The number of benzene rings is 6. The van der Waals surface area contributed by atoms with Crippen LogP contribution in [0.4, 0.5) is 11.4 Å². The molecule has 7 aromatic rings. The Labute approximate surface area is 209 Å². The van der Waals surface area contributed by atoms with Crippen LogP contribution in [0.1, 0.15) is 0 Å². The van der Waals surface area contributed by atoms with Gasteiger partial charge in [-0.3, -0.25) is 0 Å². The number of anilines is 2. The number of hydrogen-bond donors (Lipinski definition) is 1. The van der Waals surface area contributed by atoms with E-state index in [4.69, 9.17) is 4.42 Å². The van der Waals surface area contributed by atoms with E-state index >= 15 is 0 Å². The second-order valence-corrected chi connectivity index (χ2v) is 9.09. The fraction of sp³-hybridized carbons (Fsp3) is 0. The summed E-state index contributed by atoms with van der Waals surface area (Å²) < 4.78 is 6.37. The van der Waals surface area contributed by atoms with Gasteiger partial charge in [0.05, 0.1) is 11.1 Å². The van der Waals surface area contributed by atoms with Gasteiger partial charge in [0, 0.05) is 16.6 Å². The topological polar surface area (TPSA) is 25.2 Å². The summed E-state index contributed by atoms with van der Waals surface area (Å²) in [7, 11) is 0. The van der Waals surface area contributed by atoms with Crippen molar-refractivity contribution in [1.82, 2.24) is 0 Å². The Morgan fingerprint density at radius 2 is 1.08 bits per heavy atom. The van der Waals surface area contributed by atoms with Gasteiger partial charge in [-0.2, -0.15) is 0 Å². The first kappa shape index (κ1) is 20.5. The predicted octanol–water partition coefficient (Wildman–Crippen LogP) is 9.82. The second kappa shape index (κ2) is 8.44. The van der Waals surface area contributed by atoms with Crippen LogP contribution in [0.15, 0.2) is 138 Å². The molecule has 36 heavy (non-hydrogen) atoms. The van der Waals surface area contributed by atoms with Crippen LogP contribution in [0.5, 0.6) is 0 Å². The molecule has 0 aliphatic carbocycles. The SMILES string of the molecule is c1ccc(-c2ccc(Nc3c(-c4ccccc4)ccc4oc5cc6ccccc6cc5c34)cc2)cc1. The average Bonchev–Trinajstić information content (AvgIpc) is 3.31. The van der Waals surface area contributed by atoms with Gasteiger partial charge in [0.1, 0.15) is 11.2 Å². The van der Waals surface area contributed by atoms with Crippen LogP contribution in [0.25, 0.3) is 55.0 Å². The first-order valence-electron chi connectivity index (χ1n) is 12.2. The third kappa shape index (κ3) is 3.52. The van der Waals surface area contributed by atoms with Crippen LogP contribution in [0, 0.1) is 0 Å². The van der Waals surface area contributed by atoms with Crippen molar-refractivity contribution in [2.24, 2.45) is 0 Å². The summed E-state index contributed by atoms with van der Waals surface area (Å²) in [6, 6.07) is 46.7. The zero-order chi connectivity index (χ0) is 23.9. The molecule has 0 aliphatic rings. The highest BCUT2D eigenvalue weighted by molar-refractivity contribution is 6.18. The van der Waals surface area contributed by atoms with Crippen molar-refractivity contribution in [3.05, 3.63) is 133 Å². The third-order valence-corrected chi connectivity index (χ3v) is 6.85. The minimum Gasteiger partial charge on any atom is -0.456 e. The van der Waals surface area contributed by atoms with Gasteiger partial charge in [-0.05, 0) is 63.9 Å². The van der Waals surface area contributed by atoms with Gasteiger partial charge in [0.2, 0.25) is 0 Å². The molecule has 1 aromatic heterocycles. The van der Waals surface area contributed by atoms with Crippen molar-refractivity contribution in [2.45, 2.75) is 0 Å². The molecule has 0 spiro atoms. The Kier molecular flexibility index (Phi) is 4.82. The third-order valence-electron chi connectivity index (χ3n) is 6.85. The molecule has 0 aliphatic heterocycles. The summed E-state index contributed by atoms with van der Waals surface area (Å²) in [4.78, 5) is 0. The van der Waals surface area contributed by atoms with E-state index in [1.54, 1.807) is 0 Å². The summed E-state index contributed by atoms with van der Waals surface area (Å²) in [5, 5.41) is 8.36. The van der Waals surface area contributed by atoms with Crippen LogP contribution >= 0.6 is 0 Å². The minimum absolute atomic E-state index is 0.878. The van der Waals surface area contributed by atoms with Gasteiger partial charge in [0.25, 0.3) is 0 Å². The minimum atomic E-state index is 0.878. The maximum absolute atomic E-state index is 6.37. The zero-order valence-electron chi connectivity index (χ0n) is 19.6. The molecule has 7 rings (SSSR count). The molecule has 170 valence electrons. The second-order valence-electron chi connectivity index (χ2n) is 9.09. The van der Waals surface area contributed by atoms with Crippen molar-refractivity contribution < 1.29 is 4.42 Å². The van der Waals surface area contributed by atoms with E-state index in [0.717, 1.165) is 44.4 Å². The summed E-state index contributed by atoms with van der Waals surface area (Å²) >= 11 is 0. The molecule has 2 heteroatoms. The van der Waals surface area contributed by atoms with E-state index < -0.39 is 0 Å². The average molecular weight is 462 g/mol.